The van der Waals surface area contributed by atoms with Crippen molar-refractivity contribution in [2.45, 2.75) is 12.8 Å². The fourth-order valence-corrected chi connectivity index (χ4v) is 1.95. The zero-order valence-electron chi connectivity index (χ0n) is 8.36. The van der Waals surface area contributed by atoms with Crippen molar-refractivity contribution in [1.82, 2.24) is 0 Å². The second-order valence-electron chi connectivity index (χ2n) is 3.03. The van der Waals surface area contributed by atoms with Crippen LogP contribution < -0.4 is 18.9 Å². The summed E-state index contributed by atoms with van der Waals surface area (Å²) in [4.78, 5) is 0. The Morgan fingerprint density at radius 3 is 2.50 bits per heavy atom. The molecule has 0 saturated carbocycles. The van der Waals surface area contributed by atoms with E-state index in [0.717, 1.165) is 12.8 Å². The van der Waals surface area contributed by atoms with E-state index in [2.05, 4.69) is 41.8 Å². The summed E-state index contributed by atoms with van der Waals surface area (Å²) in [7, 11) is 0. The molecular formula is C12H11LiS. The van der Waals surface area contributed by atoms with Crippen molar-refractivity contribution in [3.8, 4) is 0 Å². The van der Waals surface area contributed by atoms with Crippen LogP contribution in [0.3, 0.4) is 0 Å². The fraction of sp³-hybridized carbons (Fsp3) is 0.167. The summed E-state index contributed by atoms with van der Waals surface area (Å²) in [5, 5.41) is 4.18. The summed E-state index contributed by atoms with van der Waals surface area (Å²) >= 11 is 1.72. The van der Waals surface area contributed by atoms with Crippen molar-refractivity contribution in [3.63, 3.8) is 0 Å². The standard InChI is InChI=1S/C12H11S.Li/c1-2-4-11(5-3-1)6-7-12-8-9-13-10-12;/h1-5,9-10H,6-7H2;/q-1;+1. The largest absolute Gasteiger partial charge is 1.00 e. The molecule has 14 heavy (non-hydrogen) atoms. The fourth-order valence-electron chi connectivity index (χ4n) is 1.31. The van der Waals surface area contributed by atoms with Crippen molar-refractivity contribution in [3.05, 3.63) is 58.3 Å². The van der Waals surface area contributed by atoms with Crippen LogP contribution in [0, 0.1) is 6.07 Å². The SMILES string of the molecule is [Li+].[c-]1cscc1CCc1ccccc1. The Balaban J connectivity index is 0.000000980. The normalized spacial score (nSPS) is 9.43. The summed E-state index contributed by atoms with van der Waals surface area (Å²) in [6.07, 6.45) is 2.22. The molecule has 1 heterocycles. The Morgan fingerprint density at radius 2 is 1.86 bits per heavy atom. The van der Waals surface area contributed by atoms with Gasteiger partial charge in [0.2, 0.25) is 0 Å². The Kier molecular flexibility index (Phi) is 5.04. The van der Waals surface area contributed by atoms with E-state index in [0.29, 0.717) is 0 Å². The van der Waals surface area contributed by atoms with Crippen LogP contribution in [0.4, 0.5) is 0 Å². The molecule has 0 unspecified atom stereocenters. The molecule has 0 saturated heterocycles. The molecule has 2 heteroatoms. The van der Waals surface area contributed by atoms with Crippen LogP contribution in [0.2, 0.25) is 0 Å². The van der Waals surface area contributed by atoms with Crippen molar-refractivity contribution >= 4 is 11.3 Å². The number of rotatable bonds is 3. The van der Waals surface area contributed by atoms with E-state index in [-0.39, 0.29) is 18.9 Å². The molecule has 0 aliphatic carbocycles. The number of benzene rings is 1. The molecule has 0 aliphatic rings. The summed E-state index contributed by atoms with van der Waals surface area (Å²) < 4.78 is 0. The Labute approximate surface area is 101 Å². The molecule has 0 spiro atoms. The molecule has 0 atom stereocenters. The average Bonchev–Trinajstić information content (AvgIpc) is 2.69. The number of hydrogen-bond acceptors (Lipinski definition) is 1. The predicted molar refractivity (Wildman–Crippen MR) is 57.0 cm³/mol. The van der Waals surface area contributed by atoms with Crippen LogP contribution in [0.15, 0.2) is 41.1 Å². The van der Waals surface area contributed by atoms with Crippen LogP contribution in [0.1, 0.15) is 11.1 Å². The number of thiophene rings is 1. The number of hydrogen-bond donors (Lipinski definition) is 0. The molecule has 2 aromatic rings. The van der Waals surface area contributed by atoms with Gasteiger partial charge in [0.25, 0.3) is 0 Å². The first-order valence-corrected chi connectivity index (χ1v) is 5.36. The van der Waals surface area contributed by atoms with E-state index in [1.165, 1.54) is 11.1 Å². The van der Waals surface area contributed by atoms with Gasteiger partial charge in [0.1, 0.15) is 0 Å². The van der Waals surface area contributed by atoms with Crippen molar-refractivity contribution in [2.24, 2.45) is 0 Å². The maximum absolute atomic E-state index is 3.23. The summed E-state index contributed by atoms with van der Waals surface area (Å²) in [5.74, 6) is 0. The predicted octanol–water partition coefficient (Wildman–Crippen LogP) is 0.337. The topological polar surface area (TPSA) is 0 Å². The van der Waals surface area contributed by atoms with E-state index in [4.69, 9.17) is 0 Å². The van der Waals surface area contributed by atoms with Crippen LogP contribution >= 0.6 is 11.3 Å². The average molecular weight is 194 g/mol. The van der Waals surface area contributed by atoms with Crippen LogP contribution in [0.5, 0.6) is 0 Å². The van der Waals surface area contributed by atoms with Crippen LogP contribution in [0.25, 0.3) is 0 Å². The van der Waals surface area contributed by atoms with Crippen molar-refractivity contribution in [2.75, 3.05) is 0 Å². The van der Waals surface area contributed by atoms with Gasteiger partial charge in [-0.2, -0.15) is 5.38 Å². The maximum Gasteiger partial charge on any atom is 1.00 e. The molecule has 2 rings (SSSR count). The summed E-state index contributed by atoms with van der Waals surface area (Å²) in [6, 6.07) is 13.8. The second kappa shape index (κ2) is 6.09. The van der Waals surface area contributed by atoms with Gasteiger partial charge in [-0.15, -0.1) is 5.38 Å². The Morgan fingerprint density at radius 1 is 1.07 bits per heavy atom. The third kappa shape index (κ3) is 3.34. The van der Waals surface area contributed by atoms with Gasteiger partial charge < -0.3 is 0 Å². The minimum Gasteiger partial charge on any atom is -0.273 e. The minimum absolute atomic E-state index is 0. The molecule has 0 radical (unpaired) electrons. The molecule has 1 aromatic heterocycles. The molecule has 0 nitrogen and oxygen atoms in total. The van der Waals surface area contributed by atoms with Gasteiger partial charge in [-0.3, -0.25) is 11.3 Å². The van der Waals surface area contributed by atoms with Gasteiger partial charge in [-0.1, -0.05) is 36.8 Å². The van der Waals surface area contributed by atoms with Gasteiger partial charge >= 0.3 is 18.9 Å². The van der Waals surface area contributed by atoms with Crippen molar-refractivity contribution < 1.29 is 18.9 Å². The van der Waals surface area contributed by atoms with E-state index in [1.54, 1.807) is 11.3 Å². The molecule has 0 aliphatic heterocycles. The van der Waals surface area contributed by atoms with E-state index in [9.17, 15) is 0 Å². The smallest absolute Gasteiger partial charge is 0.273 e. The van der Waals surface area contributed by atoms with Gasteiger partial charge in [0.15, 0.2) is 0 Å². The maximum atomic E-state index is 3.23. The first-order chi connectivity index (χ1) is 6.45. The third-order valence-corrected chi connectivity index (χ3v) is 2.72. The third-order valence-electron chi connectivity index (χ3n) is 2.05. The van der Waals surface area contributed by atoms with E-state index in [1.807, 2.05) is 5.38 Å². The molecule has 66 valence electrons. The van der Waals surface area contributed by atoms with E-state index < -0.39 is 0 Å². The summed E-state index contributed by atoms with van der Waals surface area (Å²) in [5.41, 5.74) is 2.73. The molecule has 0 bridgehead atoms. The van der Waals surface area contributed by atoms with Gasteiger partial charge in [-0.25, -0.2) is 11.6 Å². The van der Waals surface area contributed by atoms with Crippen LogP contribution in [-0.4, -0.2) is 0 Å². The second-order valence-corrected chi connectivity index (χ2v) is 3.77. The molecular weight excluding hydrogens is 183 g/mol. The quantitative estimate of drug-likeness (QED) is 0.488. The summed E-state index contributed by atoms with van der Waals surface area (Å²) in [6.45, 7) is 0. The zero-order chi connectivity index (χ0) is 8.93. The van der Waals surface area contributed by atoms with Gasteiger partial charge in [0.05, 0.1) is 0 Å². The Hall–Kier alpha value is -0.483. The first-order valence-electron chi connectivity index (χ1n) is 4.42. The monoisotopic (exact) mass is 194 g/mol. The molecule has 1 aromatic carbocycles. The van der Waals surface area contributed by atoms with Crippen molar-refractivity contribution in [1.29, 1.82) is 0 Å². The molecule has 0 amide bonds. The van der Waals surface area contributed by atoms with Crippen LogP contribution in [-0.2, 0) is 12.8 Å². The zero-order valence-corrected chi connectivity index (χ0v) is 9.18. The minimum atomic E-state index is 0. The Bertz CT molecular complexity index is 340. The van der Waals surface area contributed by atoms with Gasteiger partial charge in [-0.05, 0) is 12.0 Å². The number of aryl methyl sites for hydroxylation is 2. The van der Waals surface area contributed by atoms with Gasteiger partial charge in [0, 0.05) is 0 Å². The first kappa shape index (κ1) is 11.6. The molecule has 0 N–H and O–H groups in total. The molecule has 0 fully saturated rings. The van der Waals surface area contributed by atoms with E-state index >= 15 is 0 Å².